The van der Waals surface area contributed by atoms with Crippen LogP contribution in [0.5, 0.6) is 0 Å². The van der Waals surface area contributed by atoms with Gasteiger partial charge in [0.05, 0.1) is 17.2 Å². The van der Waals surface area contributed by atoms with Crippen LogP contribution < -0.4 is 5.32 Å². The smallest absolute Gasteiger partial charge is 0.331 e. The number of carboxylic acids is 1. The lowest BCUT2D eigenvalue weighted by atomic mass is 10.0. The fourth-order valence-electron chi connectivity index (χ4n) is 1.86. The van der Waals surface area contributed by atoms with Crippen LogP contribution in [0.4, 0.5) is 0 Å². The largest absolute Gasteiger partial charge is 0.479 e. The first-order valence-corrected chi connectivity index (χ1v) is 8.13. The van der Waals surface area contributed by atoms with Crippen molar-refractivity contribution in [3.05, 3.63) is 28.1 Å². The van der Waals surface area contributed by atoms with Crippen molar-refractivity contribution in [3.63, 3.8) is 0 Å². The predicted octanol–water partition coefficient (Wildman–Crippen LogP) is 2.40. The number of rotatable bonds is 6. The highest BCUT2D eigenvalue weighted by atomic mass is 32.1. The molecule has 0 aromatic carbocycles. The second-order valence-corrected chi connectivity index (χ2v) is 6.88. The fourth-order valence-corrected chi connectivity index (χ4v) is 3.62. The van der Waals surface area contributed by atoms with E-state index in [-0.39, 0.29) is 6.61 Å². The first-order chi connectivity index (χ1) is 10.4. The number of carbonyl (C=O) groups excluding carboxylic acids is 1. The zero-order chi connectivity index (χ0) is 16.3. The summed E-state index contributed by atoms with van der Waals surface area (Å²) in [6.07, 6.45) is 0. The Hall–Kier alpha value is -1.77. The first kappa shape index (κ1) is 16.6. The topological polar surface area (TPSA) is 88.5 Å². The molecular weight excluding hydrogens is 324 g/mol. The number of hydrogen-bond acceptors (Lipinski definition) is 6. The van der Waals surface area contributed by atoms with Crippen LogP contribution in [0.3, 0.4) is 0 Å². The molecule has 2 N–H and O–H groups in total. The van der Waals surface area contributed by atoms with Gasteiger partial charge in [0, 0.05) is 7.11 Å². The Balaban J connectivity index is 2.25. The maximum atomic E-state index is 12.4. The van der Waals surface area contributed by atoms with Crippen LogP contribution in [0, 0.1) is 6.92 Å². The normalized spacial score (nSPS) is 13.6. The van der Waals surface area contributed by atoms with Crippen molar-refractivity contribution in [3.8, 4) is 9.88 Å². The molecule has 0 aliphatic rings. The lowest BCUT2D eigenvalue weighted by Crippen LogP contribution is -2.55. The van der Waals surface area contributed by atoms with Crippen LogP contribution in [0.25, 0.3) is 9.88 Å². The quantitative estimate of drug-likeness (QED) is 0.843. The number of thiazole rings is 1. The van der Waals surface area contributed by atoms with Crippen molar-refractivity contribution in [2.75, 3.05) is 13.7 Å². The highest BCUT2D eigenvalue weighted by molar-refractivity contribution is 7.22. The van der Waals surface area contributed by atoms with E-state index < -0.39 is 17.4 Å². The minimum Gasteiger partial charge on any atom is -0.479 e. The molecule has 2 aromatic heterocycles. The van der Waals surface area contributed by atoms with Gasteiger partial charge in [0.25, 0.3) is 5.91 Å². The Kier molecular flexibility index (Phi) is 4.94. The maximum Gasteiger partial charge on any atom is 0.331 e. The molecule has 0 aliphatic heterocycles. The van der Waals surface area contributed by atoms with Crippen molar-refractivity contribution < 1.29 is 19.4 Å². The maximum absolute atomic E-state index is 12.4. The average Bonchev–Trinajstić information content (AvgIpc) is 3.07. The molecule has 0 spiro atoms. The number of aryl methyl sites for hydroxylation is 1. The van der Waals surface area contributed by atoms with Gasteiger partial charge in [-0.2, -0.15) is 0 Å². The zero-order valence-corrected chi connectivity index (χ0v) is 14.0. The summed E-state index contributed by atoms with van der Waals surface area (Å²) in [4.78, 5) is 29.5. The lowest BCUT2D eigenvalue weighted by molar-refractivity contribution is -0.145. The van der Waals surface area contributed by atoms with Gasteiger partial charge in [0.15, 0.2) is 5.54 Å². The third kappa shape index (κ3) is 3.34. The van der Waals surface area contributed by atoms with Crippen LogP contribution in [0.15, 0.2) is 17.5 Å². The van der Waals surface area contributed by atoms with Gasteiger partial charge in [0.1, 0.15) is 9.88 Å². The van der Waals surface area contributed by atoms with Crippen LogP contribution in [0.2, 0.25) is 0 Å². The molecule has 2 aromatic rings. The van der Waals surface area contributed by atoms with Gasteiger partial charge in [-0.3, -0.25) is 4.79 Å². The third-order valence-electron chi connectivity index (χ3n) is 3.03. The molecule has 0 saturated carbocycles. The first-order valence-electron chi connectivity index (χ1n) is 6.43. The molecule has 1 atom stereocenters. The minimum absolute atomic E-state index is 0.121. The summed E-state index contributed by atoms with van der Waals surface area (Å²) in [5, 5.41) is 14.5. The predicted molar refractivity (Wildman–Crippen MR) is 85.5 cm³/mol. The number of thiophene rings is 1. The summed E-state index contributed by atoms with van der Waals surface area (Å²) in [6.45, 7) is 3.02. The Labute approximate surface area is 135 Å². The van der Waals surface area contributed by atoms with Crippen molar-refractivity contribution >= 4 is 34.6 Å². The van der Waals surface area contributed by atoms with Gasteiger partial charge in [-0.05, 0) is 25.3 Å². The third-order valence-corrected chi connectivity index (χ3v) is 5.22. The van der Waals surface area contributed by atoms with E-state index in [1.165, 1.54) is 36.7 Å². The molecule has 2 heterocycles. The number of aliphatic carboxylic acids is 1. The Bertz CT molecular complexity index is 681. The molecule has 2 rings (SSSR count). The van der Waals surface area contributed by atoms with Crippen LogP contribution in [-0.2, 0) is 9.53 Å². The number of aromatic nitrogens is 1. The van der Waals surface area contributed by atoms with E-state index >= 15 is 0 Å². The van der Waals surface area contributed by atoms with Crippen molar-refractivity contribution in [2.45, 2.75) is 19.4 Å². The molecule has 1 amide bonds. The molecule has 118 valence electrons. The summed E-state index contributed by atoms with van der Waals surface area (Å²) in [7, 11) is 1.39. The van der Waals surface area contributed by atoms with E-state index in [9.17, 15) is 14.7 Å². The molecule has 0 fully saturated rings. The summed E-state index contributed by atoms with van der Waals surface area (Å²) < 4.78 is 4.89. The SMILES string of the molecule is COCC(C)(NC(=O)c1sc(-c2cccs2)nc1C)C(=O)O. The molecule has 6 nitrogen and oxygen atoms in total. The minimum atomic E-state index is -1.48. The average molecular weight is 340 g/mol. The Morgan fingerprint density at radius 2 is 2.23 bits per heavy atom. The van der Waals surface area contributed by atoms with Gasteiger partial charge >= 0.3 is 5.97 Å². The highest BCUT2D eigenvalue weighted by Gasteiger charge is 2.36. The molecule has 0 saturated heterocycles. The molecule has 0 radical (unpaired) electrons. The van der Waals surface area contributed by atoms with E-state index in [1.54, 1.807) is 6.92 Å². The summed E-state index contributed by atoms with van der Waals surface area (Å²) in [5.74, 6) is -1.61. The Morgan fingerprint density at radius 1 is 1.50 bits per heavy atom. The summed E-state index contributed by atoms with van der Waals surface area (Å²) in [6, 6.07) is 3.84. The molecule has 0 aliphatic carbocycles. The van der Waals surface area contributed by atoms with E-state index in [0.29, 0.717) is 10.6 Å². The monoisotopic (exact) mass is 340 g/mol. The van der Waals surface area contributed by atoms with Crippen LogP contribution in [-0.4, -0.2) is 41.2 Å². The zero-order valence-electron chi connectivity index (χ0n) is 12.4. The standard InChI is InChI=1S/C14H16N2O4S2/c1-8-10(22-12(15-8)9-5-4-6-21-9)11(17)16-14(2,7-20-3)13(18)19/h4-6H,7H2,1-3H3,(H,16,17)(H,18,19). The molecular formula is C14H16N2O4S2. The van der Waals surface area contributed by atoms with Crippen molar-refractivity contribution in [1.29, 1.82) is 0 Å². The molecule has 8 heteroatoms. The number of amides is 1. The van der Waals surface area contributed by atoms with Gasteiger partial charge in [-0.15, -0.1) is 22.7 Å². The second kappa shape index (κ2) is 6.55. The molecule has 22 heavy (non-hydrogen) atoms. The van der Waals surface area contributed by atoms with E-state index in [0.717, 1.165) is 9.88 Å². The molecule has 1 unspecified atom stereocenters. The number of ether oxygens (including phenoxy) is 1. The van der Waals surface area contributed by atoms with E-state index in [1.807, 2.05) is 17.5 Å². The highest BCUT2D eigenvalue weighted by Crippen LogP contribution is 2.31. The van der Waals surface area contributed by atoms with Crippen LogP contribution >= 0.6 is 22.7 Å². The van der Waals surface area contributed by atoms with Gasteiger partial charge in [-0.25, -0.2) is 9.78 Å². The Morgan fingerprint density at radius 3 is 2.77 bits per heavy atom. The van der Waals surface area contributed by atoms with Crippen molar-refractivity contribution in [1.82, 2.24) is 10.3 Å². The fraction of sp³-hybridized carbons (Fsp3) is 0.357. The number of carbonyl (C=O) groups is 2. The second-order valence-electron chi connectivity index (χ2n) is 4.94. The van der Waals surface area contributed by atoms with Gasteiger partial charge in [-0.1, -0.05) is 6.07 Å². The van der Waals surface area contributed by atoms with E-state index in [4.69, 9.17) is 4.74 Å². The summed E-state index contributed by atoms with van der Waals surface area (Å²) >= 11 is 2.79. The number of carboxylic acid groups (broad SMARTS) is 1. The number of methoxy groups -OCH3 is 1. The van der Waals surface area contributed by atoms with Crippen molar-refractivity contribution in [2.24, 2.45) is 0 Å². The summed E-state index contributed by atoms with van der Waals surface area (Å²) in [5.41, 5.74) is -0.901. The number of nitrogens with one attached hydrogen (secondary N) is 1. The number of hydrogen-bond donors (Lipinski definition) is 2. The van der Waals surface area contributed by atoms with E-state index in [2.05, 4.69) is 10.3 Å². The lowest BCUT2D eigenvalue weighted by Gasteiger charge is -2.24. The number of nitrogens with zero attached hydrogens (tertiary/aromatic N) is 1. The van der Waals surface area contributed by atoms with Gasteiger partial charge < -0.3 is 15.2 Å². The molecule has 0 bridgehead atoms. The van der Waals surface area contributed by atoms with Crippen LogP contribution in [0.1, 0.15) is 22.3 Å². The van der Waals surface area contributed by atoms with Gasteiger partial charge in [0.2, 0.25) is 0 Å².